The molecule has 3 nitrogen and oxygen atoms in total. The number of aliphatic hydroxyl groups is 1. The van der Waals surface area contributed by atoms with Crippen LogP contribution < -0.4 is 5.73 Å². The molecule has 1 heterocycles. The maximum absolute atomic E-state index is 8.60. The van der Waals surface area contributed by atoms with Crippen LogP contribution in [0.25, 0.3) is 0 Å². The monoisotopic (exact) mass is 205 g/mol. The molecule has 0 spiro atoms. The molecule has 0 bridgehead atoms. The Bertz CT molecular complexity index is 211. The Morgan fingerprint density at radius 3 is 2.80 bits per heavy atom. The SMILES string of the molecule is N[C@@H](CO)c1ccc(Br)o1. The number of hydrogen-bond donors (Lipinski definition) is 2. The van der Waals surface area contributed by atoms with Gasteiger partial charge in [-0.3, -0.25) is 0 Å². The minimum atomic E-state index is -0.411. The second-order valence-corrected chi connectivity index (χ2v) is 2.71. The third-order valence-corrected chi connectivity index (χ3v) is 1.58. The van der Waals surface area contributed by atoms with Gasteiger partial charge in [0.2, 0.25) is 0 Å². The van der Waals surface area contributed by atoms with Crippen molar-refractivity contribution in [2.24, 2.45) is 5.73 Å². The van der Waals surface area contributed by atoms with Gasteiger partial charge in [-0.1, -0.05) is 0 Å². The van der Waals surface area contributed by atoms with Crippen molar-refractivity contribution >= 4 is 15.9 Å². The van der Waals surface area contributed by atoms with Gasteiger partial charge in [0.1, 0.15) is 5.76 Å². The van der Waals surface area contributed by atoms with Crippen LogP contribution in [0.1, 0.15) is 11.8 Å². The van der Waals surface area contributed by atoms with E-state index in [-0.39, 0.29) is 6.61 Å². The number of aliphatic hydroxyl groups excluding tert-OH is 1. The van der Waals surface area contributed by atoms with Gasteiger partial charge in [-0.25, -0.2) is 0 Å². The third kappa shape index (κ3) is 1.59. The molecule has 1 rings (SSSR count). The van der Waals surface area contributed by atoms with Crippen molar-refractivity contribution in [2.75, 3.05) is 6.61 Å². The molecule has 0 saturated heterocycles. The van der Waals surface area contributed by atoms with Crippen LogP contribution in [-0.4, -0.2) is 11.7 Å². The smallest absolute Gasteiger partial charge is 0.169 e. The van der Waals surface area contributed by atoms with Crippen LogP contribution in [0.15, 0.2) is 21.2 Å². The normalized spacial score (nSPS) is 13.5. The van der Waals surface area contributed by atoms with E-state index < -0.39 is 6.04 Å². The van der Waals surface area contributed by atoms with Crippen LogP contribution in [0, 0.1) is 0 Å². The number of rotatable bonds is 2. The van der Waals surface area contributed by atoms with E-state index in [0.29, 0.717) is 10.4 Å². The lowest BCUT2D eigenvalue weighted by Crippen LogP contribution is -2.13. The molecule has 0 aliphatic rings. The highest BCUT2D eigenvalue weighted by atomic mass is 79.9. The molecule has 56 valence electrons. The summed E-state index contributed by atoms with van der Waals surface area (Å²) < 4.78 is 5.70. The molecule has 10 heavy (non-hydrogen) atoms. The number of nitrogens with two attached hydrogens (primary N) is 1. The van der Waals surface area contributed by atoms with Crippen molar-refractivity contribution in [3.05, 3.63) is 22.6 Å². The molecule has 0 aliphatic carbocycles. The molecule has 0 aromatic carbocycles. The molecule has 4 heteroatoms. The van der Waals surface area contributed by atoms with Crippen LogP contribution >= 0.6 is 15.9 Å². The minimum Gasteiger partial charge on any atom is -0.453 e. The Hall–Kier alpha value is -0.320. The Kier molecular flexibility index (Phi) is 2.48. The average Bonchev–Trinajstić information content (AvgIpc) is 2.34. The minimum absolute atomic E-state index is 0.0973. The number of hydrogen-bond acceptors (Lipinski definition) is 3. The average molecular weight is 206 g/mol. The largest absolute Gasteiger partial charge is 0.453 e. The molecule has 0 unspecified atom stereocenters. The van der Waals surface area contributed by atoms with E-state index >= 15 is 0 Å². The highest BCUT2D eigenvalue weighted by molar-refractivity contribution is 9.10. The van der Waals surface area contributed by atoms with Gasteiger partial charge in [0.25, 0.3) is 0 Å². The molecule has 3 N–H and O–H groups in total. The van der Waals surface area contributed by atoms with Crippen molar-refractivity contribution in [1.29, 1.82) is 0 Å². The number of halogens is 1. The van der Waals surface area contributed by atoms with Gasteiger partial charge in [0.15, 0.2) is 4.67 Å². The maximum Gasteiger partial charge on any atom is 0.169 e. The Morgan fingerprint density at radius 2 is 2.40 bits per heavy atom. The molecule has 0 amide bonds. The summed E-state index contributed by atoms with van der Waals surface area (Å²) in [5.74, 6) is 0.592. The Morgan fingerprint density at radius 1 is 1.70 bits per heavy atom. The molecule has 0 radical (unpaired) electrons. The summed E-state index contributed by atoms with van der Waals surface area (Å²) in [5.41, 5.74) is 5.44. The fourth-order valence-electron chi connectivity index (χ4n) is 0.618. The topological polar surface area (TPSA) is 59.4 Å². The standard InChI is InChI=1S/C6H8BrNO2/c7-6-2-1-5(10-6)4(8)3-9/h1-2,4,9H,3,8H2/t4-/m0/s1. The summed E-state index contributed by atoms with van der Waals surface area (Å²) in [5, 5.41) is 8.60. The van der Waals surface area contributed by atoms with Gasteiger partial charge in [-0.2, -0.15) is 0 Å². The van der Waals surface area contributed by atoms with E-state index in [9.17, 15) is 0 Å². The van der Waals surface area contributed by atoms with Crippen LogP contribution in [0.2, 0.25) is 0 Å². The fraction of sp³-hybridized carbons (Fsp3) is 0.333. The molecule has 1 aromatic rings. The highest BCUT2D eigenvalue weighted by Gasteiger charge is 2.07. The van der Waals surface area contributed by atoms with E-state index in [1.54, 1.807) is 12.1 Å². The van der Waals surface area contributed by atoms with Crippen LogP contribution in [0.4, 0.5) is 0 Å². The van der Waals surface area contributed by atoms with Gasteiger partial charge in [0.05, 0.1) is 12.6 Å². The van der Waals surface area contributed by atoms with E-state index in [4.69, 9.17) is 15.3 Å². The third-order valence-electron chi connectivity index (χ3n) is 1.16. The van der Waals surface area contributed by atoms with Crippen LogP contribution in [0.5, 0.6) is 0 Å². The molecule has 1 aromatic heterocycles. The molecule has 0 aliphatic heterocycles. The quantitative estimate of drug-likeness (QED) is 0.759. The van der Waals surface area contributed by atoms with Crippen molar-refractivity contribution < 1.29 is 9.52 Å². The summed E-state index contributed by atoms with van der Waals surface area (Å²) in [4.78, 5) is 0. The van der Waals surface area contributed by atoms with Gasteiger partial charge >= 0.3 is 0 Å². The van der Waals surface area contributed by atoms with Gasteiger partial charge in [-0.15, -0.1) is 0 Å². The summed E-state index contributed by atoms with van der Waals surface area (Å²) in [6.07, 6.45) is 0. The van der Waals surface area contributed by atoms with Crippen molar-refractivity contribution in [3.8, 4) is 0 Å². The van der Waals surface area contributed by atoms with E-state index in [0.717, 1.165) is 0 Å². The van der Waals surface area contributed by atoms with Crippen molar-refractivity contribution in [1.82, 2.24) is 0 Å². The van der Waals surface area contributed by atoms with Crippen LogP contribution in [-0.2, 0) is 0 Å². The summed E-state index contributed by atoms with van der Waals surface area (Å²) >= 11 is 3.13. The van der Waals surface area contributed by atoms with Gasteiger partial charge < -0.3 is 15.3 Å². The van der Waals surface area contributed by atoms with Crippen molar-refractivity contribution in [2.45, 2.75) is 6.04 Å². The summed E-state index contributed by atoms with van der Waals surface area (Å²) in [6, 6.07) is 3.06. The van der Waals surface area contributed by atoms with Gasteiger partial charge in [-0.05, 0) is 28.1 Å². The van der Waals surface area contributed by atoms with Gasteiger partial charge in [0, 0.05) is 0 Å². The molecule has 0 fully saturated rings. The fourth-order valence-corrected chi connectivity index (χ4v) is 0.937. The molecular weight excluding hydrogens is 198 g/mol. The zero-order valence-corrected chi connectivity index (χ0v) is 6.84. The summed E-state index contributed by atoms with van der Waals surface area (Å²) in [6.45, 7) is -0.0973. The molecule has 1 atom stereocenters. The Balaban J connectivity index is 2.74. The summed E-state index contributed by atoms with van der Waals surface area (Å²) in [7, 11) is 0. The van der Waals surface area contributed by atoms with E-state index in [2.05, 4.69) is 15.9 Å². The Labute approximate surface area is 67.0 Å². The molecule has 0 saturated carbocycles. The lowest BCUT2D eigenvalue weighted by atomic mass is 10.2. The maximum atomic E-state index is 8.60. The predicted molar refractivity (Wildman–Crippen MR) is 40.4 cm³/mol. The second kappa shape index (κ2) is 3.18. The van der Waals surface area contributed by atoms with E-state index in [1.807, 2.05) is 0 Å². The first-order chi connectivity index (χ1) is 4.74. The zero-order chi connectivity index (χ0) is 7.56. The highest BCUT2D eigenvalue weighted by Crippen LogP contribution is 2.18. The van der Waals surface area contributed by atoms with Crippen LogP contribution in [0.3, 0.4) is 0 Å². The lowest BCUT2D eigenvalue weighted by molar-refractivity contribution is 0.250. The second-order valence-electron chi connectivity index (χ2n) is 1.93. The van der Waals surface area contributed by atoms with Crippen molar-refractivity contribution in [3.63, 3.8) is 0 Å². The van der Waals surface area contributed by atoms with E-state index in [1.165, 1.54) is 0 Å². The first-order valence-electron chi connectivity index (χ1n) is 2.85. The first-order valence-corrected chi connectivity index (χ1v) is 3.65. The number of furan rings is 1. The first kappa shape index (κ1) is 7.78. The lowest BCUT2D eigenvalue weighted by Gasteiger charge is -2.01. The zero-order valence-electron chi connectivity index (χ0n) is 5.25. The molecular formula is C6H8BrNO2. The predicted octanol–water partition coefficient (Wildman–Crippen LogP) is 1.03.